The molecule has 2 saturated carbocycles. The number of rotatable bonds is 2. The Morgan fingerprint density at radius 3 is 1.52 bits per heavy atom. The van der Waals surface area contributed by atoms with E-state index in [1.54, 1.807) is 0 Å². The molecule has 2 aliphatic rings. The summed E-state index contributed by atoms with van der Waals surface area (Å²) < 4.78 is 0. The van der Waals surface area contributed by atoms with Crippen molar-refractivity contribution in [3.05, 3.63) is 84.8 Å². The fourth-order valence-electron chi connectivity index (χ4n) is 3.39. The van der Waals surface area contributed by atoms with Crippen LogP contribution in [0.3, 0.4) is 0 Å². The number of benzene rings is 2. The van der Waals surface area contributed by atoms with Crippen molar-refractivity contribution in [3.63, 3.8) is 0 Å². The molecule has 0 atom stereocenters. The molecular weight excluding hydrogens is 428 g/mol. The average molecular weight is 462 g/mol. The van der Waals surface area contributed by atoms with Crippen LogP contribution in [0.5, 0.6) is 0 Å². The third-order valence-electron chi connectivity index (χ3n) is 5.07. The predicted molar refractivity (Wildman–Crippen MR) is 123 cm³/mol. The maximum absolute atomic E-state index is 3.92. The minimum Gasteiger partial charge on any atom is -0.341 e. The molecule has 0 N–H and O–H groups in total. The molecule has 2 aromatic carbocycles. The molecule has 1 heteroatoms. The Morgan fingerprint density at radius 2 is 1.10 bits per heavy atom. The van der Waals surface area contributed by atoms with E-state index < -0.39 is 0 Å². The smallest absolute Gasteiger partial charge is 0.341 e. The van der Waals surface area contributed by atoms with Crippen molar-refractivity contribution in [1.82, 2.24) is 0 Å². The SMILES string of the molecule is C1CCCC1.C1CCCC1.[CH2-]CC(=[C-]C#Cc1ccccc1)c1ccccc1.[Zr+4]. The number of allylic oxidation sites excluding steroid dienone is 2. The van der Waals surface area contributed by atoms with E-state index in [0.29, 0.717) is 6.42 Å². The second kappa shape index (κ2) is 17.5. The zero-order valence-electron chi connectivity index (χ0n) is 17.8. The Morgan fingerprint density at radius 1 is 0.690 bits per heavy atom. The quantitative estimate of drug-likeness (QED) is 0.313. The molecule has 0 aromatic heterocycles. The Balaban J connectivity index is 0.000000311. The van der Waals surface area contributed by atoms with Crippen LogP contribution in [0, 0.1) is 24.8 Å². The first kappa shape index (κ1) is 25.7. The van der Waals surface area contributed by atoms with Gasteiger partial charge in [0.2, 0.25) is 0 Å². The number of hydrogen-bond donors (Lipinski definition) is 0. The van der Waals surface area contributed by atoms with Gasteiger partial charge in [-0.15, -0.1) is 23.8 Å². The van der Waals surface area contributed by atoms with E-state index >= 15 is 0 Å². The van der Waals surface area contributed by atoms with Crippen LogP contribution in [0.2, 0.25) is 0 Å². The van der Waals surface area contributed by atoms with Crippen molar-refractivity contribution >= 4 is 5.57 Å². The summed E-state index contributed by atoms with van der Waals surface area (Å²) in [5.41, 5.74) is 3.18. The first-order valence-corrected chi connectivity index (χ1v) is 10.9. The maximum atomic E-state index is 3.92. The van der Waals surface area contributed by atoms with Gasteiger partial charge in [0.05, 0.1) is 0 Å². The molecule has 0 aliphatic heterocycles. The largest absolute Gasteiger partial charge is 4.00 e. The molecule has 4 rings (SSSR count). The number of hydrogen-bond acceptors (Lipinski definition) is 0. The van der Waals surface area contributed by atoms with Gasteiger partial charge >= 0.3 is 26.2 Å². The van der Waals surface area contributed by atoms with E-state index in [1.807, 2.05) is 48.5 Å². The fourth-order valence-corrected chi connectivity index (χ4v) is 3.39. The second-order valence-electron chi connectivity index (χ2n) is 7.37. The summed E-state index contributed by atoms with van der Waals surface area (Å²) in [5, 5.41) is 0. The van der Waals surface area contributed by atoms with Crippen molar-refractivity contribution < 1.29 is 26.2 Å². The maximum Gasteiger partial charge on any atom is 4.00 e. The van der Waals surface area contributed by atoms with Crippen LogP contribution in [-0.2, 0) is 26.2 Å². The Kier molecular flexibility index (Phi) is 15.5. The van der Waals surface area contributed by atoms with Gasteiger partial charge in [0.1, 0.15) is 0 Å². The van der Waals surface area contributed by atoms with E-state index in [2.05, 4.69) is 37.0 Å². The molecule has 2 fully saturated rings. The van der Waals surface area contributed by atoms with E-state index in [0.717, 1.165) is 16.7 Å². The summed E-state index contributed by atoms with van der Waals surface area (Å²) in [6.45, 7) is 3.92. The monoisotopic (exact) mass is 460 g/mol. The van der Waals surface area contributed by atoms with Crippen molar-refractivity contribution in [2.24, 2.45) is 0 Å². The molecule has 29 heavy (non-hydrogen) atoms. The summed E-state index contributed by atoms with van der Waals surface area (Å²) in [6.07, 6.45) is 18.8. The molecule has 0 amide bonds. The molecule has 0 heterocycles. The van der Waals surface area contributed by atoms with Gasteiger partial charge in [-0.1, -0.05) is 113 Å². The molecule has 2 aliphatic carbocycles. The minimum absolute atomic E-state index is 0. The van der Waals surface area contributed by atoms with E-state index in [4.69, 9.17) is 0 Å². The van der Waals surface area contributed by atoms with Crippen molar-refractivity contribution in [1.29, 1.82) is 0 Å². The van der Waals surface area contributed by atoms with Gasteiger partial charge in [-0.25, -0.2) is 11.8 Å². The summed E-state index contributed by atoms with van der Waals surface area (Å²) in [4.78, 5) is 0. The van der Waals surface area contributed by atoms with E-state index in [9.17, 15) is 0 Å². The molecule has 0 spiro atoms. The van der Waals surface area contributed by atoms with Crippen LogP contribution >= 0.6 is 0 Å². The summed E-state index contributed by atoms with van der Waals surface area (Å²) >= 11 is 0. The molecule has 2 aromatic rings. The van der Waals surface area contributed by atoms with Crippen LogP contribution in [0.4, 0.5) is 0 Å². The van der Waals surface area contributed by atoms with Gasteiger partial charge in [0.25, 0.3) is 0 Å². The van der Waals surface area contributed by atoms with Crippen molar-refractivity contribution in [2.75, 3.05) is 0 Å². The Bertz CT molecular complexity index is 686. The fraction of sp³-hybridized carbons (Fsp3) is 0.393. The predicted octanol–water partition coefficient (Wildman–Crippen LogP) is 8.05. The van der Waals surface area contributed by atoms with Gasteiger partial charge in [-0.05, 0) is 5.56 Å². The molecule has 0 bridgehead atoms. The standard InChI is InChI=1S/C18H14.2C5H10.Zr/c1-2-17(18-13-7-4-8-14-18)15-9-12-16-10-5-3-6-11-16;2*1-2-4-5-3-1;/h3-8,10-11,13-14H,1-2H2;2*1-5H2;/q-2;;;+4. The second-order valence-corrected chi connectivity index (χ2v) is 7.37. The van der Waals surface area contributed by atoms with E-state index in [1.165, 1.54) is 64.2 Å². The van der Waals surface area contributed by atoms with Gasteiger partial charge < -0.3 is 6.92 Å². The zero-order valence-corrected chi connectivity index (χ0v) is 20.2. The summed E-state index contributed by atoms with van der Waals surface area (Å²) in [6, 6.07) is 20.0. The molecular formula is C28H34Zr+2. The first-order chi connectivity index (χ1) is 13.9. The van der Waals surface area contributed by atoms with E-state index in [-0.39, 0.29) is 26.2 Å². The van der Waals surface area contributed by atoms with Crippen molar-refractivity contribution in [2.45, 2.75) is 70.6 Å². The van der Waals surface area contributed by atoms with Crippen molar-refractivity contribution in [3.8, 4) is 11.8 Å². The zero-order chi connectivity index (χ0) is 19.7. The molecule has 0 radical (unpaired) electrons. The van der Waals surface area contributed by atoms with Crippen LogP contribution < -0.4 is 0 Å². The van der Waals surface area contributed by atoms with Gasteiger partial charge in [-0.2, -0.15) is 12.0 Å². The topological polar surface area (TPSA) is 0 Å². The van der Waals surface area contributed by atoms with Crippen LogP contribution in [0.15, 0.2) is 60.7 Å². The van der Waals surface area contributed by atoms with Gasteiger partial charge in [0.15, 0.2) is 0 Å². The summed E-state index contributed by atoms with van der Waals surface area (Å²) in [7, 11) is 0. The normalized spacial score (nSPS) is 14.9. The average Bonchev–Trinajstić information content (AvgIpc) is 3.52. The van der Waals surface area contributed by atoms with Gasteiger partial charge in [0, 0.05) is 0 Å². The van der Waals surface area contributed by atoms with Crippen LogP contribution in [-0.4, -0.2) is 0 Å². The van der Waals surface area contributed by atoms with Crippen LogP contribution in [0.1, 0.15) is 81.8 Å². The van der Waals surface area contributed by atoms with Crippen LogP contribution in [0.25, 0.3) is 5.57 Å². The van der Waals surface area contributed by atoms with Gasteiger partial charge in [-0.3, -0.25) is 0 Å². The third-order valence-corrected chi connectivity index (χ3v) is 5.07. The Hall–Kier alpha value is -1.38. The molecule has 0 nitrogen and oxygen atoms in total. The Labute approximate surface area is 198 Å². The summed E-state index contributed by atoms with van der Waals surface area (Å²) in [5.74, 6) is 6.04. The molecule has 0 saturated heterocycles. The third kappa shape index (κ3) is 12.0. The minimum atomic E-state index is 0. The molecule has 0 unspecified atom stereocenters. The molecule has 148 valence electrons. The first-order valence-electron chi connectivity index (χ1n) is 10.9.